The fourth-order valence-electron chi connectivity index (χ4n) is 1.75. The van der Waals surface area contributed by atoms with Crippen LogP contribution in [0.4, 0.5) is 0 Å². The van der Waals surface area contributed by atoms with Gasteiger partial charge in [0.05, 0.1) is 6.61 Å². The highest BCUT2D eigenvalue weighted by atomic mass is 16.5. The zero-order valence-corrected chi connectivity index (χ0v) is 7.68. The molecule has 1 aliphatic rings. The number of rotatable bonds is 4. The first-order valence-electron chi connectivity index (χ1n) is 4.70. The van der Waals surface area contributed by atoms with Crippen LogP contribution < -0.4 is 0 Å². The van der Waals surface area contributed by atoms with E-state index in [1.54, 1.807) is 0 Å². The van der Waals surface area contributed by atoms with E-state index < -0.39 is 0 Å². The van der Waals surface area contributed by atoms with Crippen LogP contribution in [0.15, 0.2) is 0 Å². The molecule has 0 aromatic carbocycles. The van der Waals surface area contributed by atoms with E-state index in [4.69, 9.17) is 4.74 Å². The smallest absolute Gasteiger partial charge is 0.0621 e. The monoisotopic (exact) mass is 157 g/mol. The molecule has 1 fully saturated rings. The third-order valence-corrected chi connectivity index (χ3v) is 2.42. The number of likely N-dealkylation sites (tertiary alicyclic amines) is 1. The molecule has 1 aliphatic heterocycles. The van der Waals surface area contributed by atoms with E-state index in [1.807, 2.05) is 0 Å². The van der Waals surface area contributed by atoms with Crippen molar-refractivity contribution >= 4 is 0 Å². The summed E-state index contributed by atoms with van der Waals surface area (Å²) in [6, 6.07) is 0.708. The number of hydrogen-bond acceptors (Lipinski definition) is 2. The molecule has 11 heavy (non-hydrogen) atoms. The topological polar surface area (TPSA) is 12.5 Å². The van der Waals surface area contributed by atoms with Crippen molar-refractivity contribution in [1.29, 1.82) is 0 Å². The number of nitrogens with zero attached hydrogens (tertiary/aromatic N) is 1. The second kappa shape index (κ2) is 4.73. The van der Waals surface area contributed by atoms with E-state index in [2.05, 4.69) is 18.7 Å². The van der Waals surface area contributed by atoms with E-state index in [-0.39, 0.29) is 0 Å². The predicted octanol–water partition coefficient (Wildman–Crippen LogP) is 1.51. The molecule has 0 radical (unpaired) electrons. The first-order chi connectivity index (χ1) is 5.38. The van der Waals surface area contributed by atoms with E-state index in [0.717, 1.165) is 13.2 Å². The maximum absolute atomic E-state index is 5.41. The maximum atomic E-state index is 5.41. The first-order valence-corrected chi connectivity index (χ1v) is 4.70. The summed E-state index contributed by atoms with van der Waals surface area (Å²) in [6.45, 7) is 8.53. The Morgan fingerprint density at radius 3 is 2.91 bits per heavy atom. The van der Waals surface area contributed by atoms with E-state index in [9.17, 15) is 0 Å². The normalized spacial score (nSPS) is 26.2. The van der Waals surface area contributed by atoms with E-state index >= 15 is 0 Å². The molecule has 0 aromatic heterocycles. The van der Waals surface area contributed by atoms with Gasteiger partial charge in [-0.25, -0.2) is 0 Å². The zero-order chi connectivity index (χ0) is 8.10. The van der Waals surface area contributed by atoms with Gasteiger partial charge in [0.15, 0.2) is 0 Å². The second-order valence-electron chi connectivity index (χ2n) is 3.08. The molecular weight excluding hydrogens is 138 g/mol. The Labute approximate surface area is 69.5 Å². The van der Waals surface area contributed by atoms with Crippen LogP contribution in [0, 0.1) is 0 Å². The summed E-state index contributed by atoms with van der Waals surface area (Å²) in [5.74, 6) is 0. The van der Waals surface area contributed by atoms with E-state index in [0.29, 0.717) is 6.04 Å². The van der Waals surface area contributed by atoms with Crippen LogP contribution >= 0.6 is 0 Å². The Morgan fingerprint density at radius 2 is 2.27 bits per heavy atom. The predicted molar refractivity (Wildman–Crippen MR) is 46.8 cm³/mol. The van der Waals surface area contributed by atoms with Crippen molar-refractivity contribution in [3.8, 4) is 0 Å². The molecule has 2 nitrogen and oxygen atoms in total. The Kier molecular flexibility index (Phi) is 3.87. The van der Waals surface area contributed by atoms with E-state index in [1.165, 1.54) is 25.9 Å². The number of likely N-dealkylation sites (N-methyl/N-ethyl adjacent to an activating group) is 1. The second-order valence-corrected chi connectivity index (χ2v) is 3.08. The van der Waals surface area contributed by atoms with Crippen LogP contribution in [0.1, 0.15) is 26.7 Å². The third-order valence-electron chi connectivity index (χ3n) is 2.42. The van der Waals surface area contributed by atoms with Crippen LogP contribution in [0.25, 0.3) is 0 Å². The third kappa shape index (κ3) is 2.46. The van der Waals surface area contributed by atoms with Crippen molar-refractivity contribution in [3.05, 3.63) is 0 Å². The summed E-state index contributed by atoms with van der Waals surface area (Å²) in [7, 11) is 0. The molecule has 2 heteroatoms. The molecule has 0 aromatic rings. The van der Waals surface area contributed by atoms with Crippen molar-refractivity contribution < 1.29 is 4.74 Å². The lowest BCUT2D eigenvalue weighted by Gasteiger charge is -2.21. The van der Waals surface area contributed by atoms with Gasteiger partial charge in [0.25, 0.3) is 0 Å². The summed E-state index contributed by atoms with van der Waals surface area (Å²) in [5, 5.41) is 0. The van der Waals surface area contributed by atoms with Gasteiger partial charge in [-0.1, -0.05) is 6.92 Å². The van der Waals surface area contributed by atoms with Gasteiger partial charge in [0.2, 0.25) is 0 Å². The number of hydrogen-bond donors (Lipinski definition) is 0. The summed E-state index contributed by atoms with van der Waals surface area (Å²) in [4.78, 5) is 2.51. The lowest BCUT2D eigenvalue weighted by Crippen LogP contribution is -2.32. The van der Waals surface area contributed by atoms with Gasteiger partial charge >= 0.3 is 0 Å². The van der Waals surface area contributed by atoms with Gasteiger partial charge in [0.1, 0.15) is 0 Å². The molecule has 66 valence electrons. The van der Waals surface area contributed by atoms with Crippen LogP contribution in [-0.4, -0.2) is 37.2 Å². The Balaban J connectivity index is 2.20. The fraction of sp³-hybridized carbons (Fsp3) is 1.00. The van der Waals surface area contributed by atoms with Gasteiger partial charge in [-0.3, -0.25) is 4.90 Å². The average molecular weight is 157 g/mol. The van der Waals surface area contributed by atoms with Crippen molar-refractivity contribution in [1.82, 2.24) is 4.90 Å². The molecule has 1 unspecified atom stereocenters. The molecule has 0 bridgehead atoms. The molecule has 0 amide bonds. The summed E-state index contributed by atoms with van der Waals surface area (Å²) < 4.78 is 5.41. The minimum atomic E-state index is 0.708. The lowest BCUT2D eigenvalue weighted by atomic mass is 10.2. The average Bonchev–Trinajstić information content (AvgIpc) is 2.47. The molecule has 1 saturated heterocycles. The molecule has 0 spiro atoms. The summed E-state index contributed by atoms with van der Waals surface area (Å²) in [5.41, 5.74) is 0. The highest BCUT2D eigenvalue weighted by molar-refractivity contribution is 4.77. The SMILES string of the molecule is CCOCC1CCCN1CC. The van der Waals surface area contributed by atoms with Gasteiger partial charge in [-0.15, -0.1) is 0 Å². The summed E-state index contributed by atoms with van der Waals surface area (Å²) >= 11 is 0. The first kappa shape index (κ1) is 9.01. The molecule has 1 rings (SSSR count). The molecule has 0 saturated carbocycles. The minimum Gasteiger partial charge on any atom is -0.380 e. The molecular formula is C9H19NO. The van der Waals surface area contributed by atoms with Crippen molar-refractivity contribution in [2.45, 2.75) is 32.7 Å². The van der Waals surface area contributed by atoms with Gasteiger partial charge in [-0.05, 0) is 32.9 Å². The van der Waals surface area contributed by atoms with Crippen molar-refractivity contribution in [3.63, 3.8) is 0 Å². The molecule has 1 heterocycles. The van der Waals surface area contributed by atoms with Gasteiger partial charge in [-0.2, -0.15) is 0 Å². The Bertz CT molecular complexity index is 106. The Hall–Kier alpha value is -0.0800. The van der Waals surface area contributed by atoms with Crippen molar-refractivity contribution in [2.24, 2.45) is 0 Å². The highest BCUT2D eigenvalue weighted by Crippen LogP contribution is 2.16. The van der Waals surface area contributed by atoms with Crippen LogP contribution in [0.3, 0.4) is 0 Å². The molecule has 1 atom stereocenters. The van der Waals surface area contributed by atoms with Gasteiger partial charge in [0, 0.05) is 12.6 Å². The standard InChI is InChI=1S/C9H19NO/c1-3-10-7-5-6-9(10)8-11-4-2/h9H,3-8H2,1-2H3. The maximum Gasteiger partial charge on any atom is 0.0621 e. The lowest BCUT2D eigenvalue weighted by molar-refractivity contribution is 0.0874. The largest absolute Gasteiger partial charge is 0.380 e. The van der Waals surface area contributed by atoms with Crippen molar-refractivity contribution in [2.75, 3.05) is 26.3 Å². The molecule has 0 N–H and O–H groups in total. The van der Waals surface area contributed by atoms with Gasteiger partial charge < -0.3 is 4.74 Å². The number of ether oxygens (including phenoxy) is 1. The minimum absolute atomic E-state index is 0.708. The van der Waals surface area contributed by atoms with Crippen LogP contribution in [0.2, 0.25) is 0 Å². The van der Waals surface area contributed by atoms with Crippen LogP contribution in [-0.2, 0) is 4.74 Å². The summed E-state index contributed by atoms with van der Waals surface area (Å²) in [6.07, 6.45) is 2.68. The quantitative estimate of drug-likeness (QED) is 0.613. The zero-order valence-electron chi connectivity index (χ0n) is 7.68. The molecule has 0 aliphatic carbocycles. The van der Waals surface area contributed by atoms with Crippen LogP contribution in [0.5, 0.6) is 0 Å². The Morgan fingerprint density at radius 1 is 1.45 bits per heavy atom. The fourth-order valence-corrected chi connectivity index (χ4v) is 1.75. The highest BCUT2D eigenvalue weighted by Gasteiger charge is 2.22.